The van der Waals surface area contributed by atoms with Crippen LogP contribution in [0.15, 0.2) is 48.6 Å². The monoisotopic (exact) mass is 898 g/mol. The zero-order chi connectivity index (χ0) is 46.7. The number of amides is 1. The minimum absolute atomic E-state index is 0.0633. The summed E-state index contributed by atoms with van der Waals surface area (Å²) in [4.78, 5) is 26.2. The standard InChI is InChI=1S/C58H107NO5/c1-4-7-10-13-16-19-22-25-26-27-28-29-30-33-36-39-42-45-48-51-58(63)64-54(49-46-43-40-37-34-31-23-20-17-14-11-8-5-2)52-57(62)59-55(53-60)56(61)50-47-44-41-38-35-32-24-21-18-15-12-9-6-3/h16-17,19-20,23,25-26,31,54-56,60-61H,4-15,18,21-22,24,27-30,32-53H2,1-3H3,(H,59,62)/b19-16-,20-17+,26-25-,31-23+. The Hall–Kier alpha value is -2.18. The molecular weight excluding hydrogens is 791 g/mol. The van der Waals surface area contributed by atoms with Crippen molar-refractivity contribution >= 4 is 11.9 Å². The largest absolute Gasteiger partial charge is 0.462 e. The first-order valence-electron chi connectivity index (χ1n) is 27.9. The molecule has 0 aliphatic rings. The van der Waals surface area contributed by atoms with Crippen LogP contribution in [0.2, 0.25) is 0 Å². The highest BCUT2D eigenvalue weighted by atomic mass is 16.5. The van der Waals surface area contributed by atoms with E-state index in [1.165, 1.54) is 154 Å². The summed E-state index contributed by atoms with van der Waals surface area (Å²) in [6.45, 7) is 6.44. The third-order valence-electron chi connectivity index (χ3n) is 12.7. The van der Waals surface area contributed by atoms with Crippen molar-refractivity contribution in [2.45, 2.75) is 302 Å². The maximum Gasteiger partial charge on any atom is 0.306 e. The van der Waals surface area contributed by atoms with Crippen molar-refractivity contribution in [3.8, 4) is 0 Å². The van der Waals surface area contributed by atoms with E-state index in [9.17, 15) is 19.8 Å². The van der Waals surface area contributed by atoms with Crippen LogP contribution < -0.4 is 5.32 Å². The molecule has 0 aromatic carbocycles. The second-order valence-electron chi connectivity index (χ2n) is 19.0. The van der Waals surface area contributed by atoms with E-state index < -0.39 is 18.2 Å². The van der Waals surface area contributed by atoms with Crippen molar-refractivity contribution in [1.82, 2.24) is 5.32 Å². The molecule has 0 saturated carbocycles. The fourth-order valence-electron chi connectivity index (χ4n) is 8.39. The quantitative estimate of drug-likeness (QED) is 0.0245. The van der Waals surface area contributed by atoms with Crippen LogP contribution >= 0.6 is 0 Å². The van der Waals surface area contributed by atoms with Crippen LogP contribution in [0.4, 0.5) is 0 Å². The summed E-state index contributed by atoms with van der Waals surface area (Å²) < 4.78 is 5.94. The van der Waals surface area contributed by atoms with Crippen LogP contribution in [0.3, 0.4) is 0 Å². The van der Waals surface area contributed by atoms with Crippen LogP contribution in [0.25, 0.3) is 0 Å². The van der Waals surface area contributed by atoms with Gasteiger partial charge in [0.1, 0.15) is 6.10 Å². The molecule has 6 nitrogen and oxygen atoms in total. The lowest BCUT2D eigenvalue weighted by atomic mass is 10.0. The highest BCUT2D eigenvalue weighted by molar-refractivity contribution is 5.77. The molecule has 1 amide bonds. The normalized spacial score (nSPS) is 13.5. The van der Waals surface area contributed by atoms with Crippen molar-refractivity contribution in [1.29, 1.82) is 0 Å². The lowest BCUT2D eigenvalue weighted by Crippen LogP contribution is -2.46. The third kappa shape index (κ3) is 46.4. The molecule has 3 N–H and O–H groups in total. The number of hydrogen-bond acceptors (Lipinski definition) is 5. The molecular formula is C58H107NO5. The van der Waals surface area contributed by atoms with E-state index in [2.05, 4.69) is 74.7 Å². The van der Waals surface area contributed by atoms with Gasteiger partial charge >= 0.3 is 5.97 Å². The maximum absolute atomic E-state index is 13.2. The van der Waals surface area contributed by atoms with Crippen LogP contribution in [0, 0.1) is 0 Å². The highest BCUT2D eigenvalue weighted by Crippen LogP contribution is 2.18. The molecule has 0 fully saturated rings. The lowest BCUT2D eigenvalue weighted by Gasteiger charge is -2.24. The van der Waals surface area contributed by atoms with Crippen LogP contribution in [0.1, 0.15) is 284 Å². The summed E-state index contributed by atoms with van der Waals surface area (Å²) in [6.07, 6.45) is 63.1. The van der Waals surface area contributed by atoms with E-state index in [-0.39, 0.29) is 24.9 Å². The zero-order valence-electron chi connectivity index (χ0n) is 42.7. The Bertz CT molecular complexity index is 1100. The first-order valence-corrected chi connectivity index (χ1v) is 27.9. The number of hydrogen-bond donors (Lipinski definition) is 3. The van der Waals surface area contributed by atoms with E-state index in [0.29, 0.717) is 19.3 Å². The fraction of sp³-hybridized carbons (Fsp3) is 0.828. The molecule has 3 atom stereocenters. The number of allylic oxidation sites excluding steroid dienone is 8. The number of unbranched alkanes of at least 4 members (excludes halogenated alkanes) is 31. The Morgan fingerprint density at radius 2 is 0.844 bits per heavy atom. The van der Waals surface area contributed by atoms with Crippen molar-refractivity contribution in [2.24, 2.45) is 0 Å². The molecule has 6 heteroatoms. The Balaban J connectivity index is 4.54. The molecule has 64 heavy (non-hydrogen) atoms. The smallest absolute Gasteiger partial charge is 0.306 e. The molecule has 0 aromatic rings. The molecule has 374 valence electrons. The molecule has 0 spiro atoms. The summed E-state index contributed by atoms with van der Waals surface area (Å²) in [6, 6.07) is -0.708. The number of rotatable bonds is 50. The average molecular weight is 898 g/mol. The molecule has 0 aliphatic heterocycles. The van der Waals surface area contributed by atoms with Gasteiger partial charge in [-0.05, 0) is 83.5 Å². The number of carbonyl (C=O) groups is 2. The van der Waals surface area contributed by atoms with Gasteiger partial charge in [-0.15, -0.1) is 0 Å². The zero-order valence-corrected chi connectivity index (χ0v) is 42.7. The Morgan fingerprint density at radius 3 is 1.31 bits per heavy atom. The first-order chi connectivity index (χ1) is 31.5. The number of ether oxygens (including phenoxy) is 1. The SMILES string of the molecule is CCCCC/C=C\C/C=C\CCCCCCCCCCCC(=O)OC(CCCCCC/C=C/C=C/CCCCC)CC(=O)NC(CO)C(O)CCCCCCCCCCCCCCC. The van der Waals surface area contributed by atoms with Crippen molar-refractivity contribution in [3.05, 3.63) is 48.6 Å². The number of carbonyl (C=O) groups excluding carboxylic acids is 2. The molecule has 0 saturated heterocycles. The summed E-state index contributed by atoms with van der Waals surface area (Å²) >= 11 is 0. The molecule has 0 aromatic heterocycles. The lowest BCUT2D eigenvalue weighted by molar-refractivity contribution is -0.151. The topological polar surface area (TPSA) is 95.9 Å². The molecule has 0 bridgehead atoms. The Kier molecular flexibility index (Phi) is 50.0. The molecule has 3 unspecified atom stereocenters. The summed E-state index contributed by atoms with van der Waals surface area (Å²) in [5.41, 5.74) is 0. The van der Waals surface area contributed by atoms with Crippen LogP contribution in [-0.4, -0.2) is 46.9 Å². The van der Waals surface area contributed by atoms with Gasteiger partial charge in [0.05, 0.1) is 25.2 Å². The number of esters is 1. The van der Waals surface area contributed by atoms with Gasteiger partial charge in [-0.25, -0.2) is 0 Å². The van der Waals surface area contributed by atoms with Gasteiger partial charge in [0, 0.05) is 6.42 Å². The minimum atomic E-state index is -0.793. The van der Waals surface area contributed by atoms with Gasteiger partial charge in [0.2, 0.25) is 5.91 Å². The number of nitrogens with one attached hydrogen (secondary N) is 1. The van der Waals surface area contributed by atoms with Gasteiger partial charge in [-0.1, -0.05) is 236 Å². The number of aliphatic hydroxyl groups excluding tert-OH is 2. The van der Waals surface area contributed by atoms with Crippen molar-refractivity contribution in [3.63, 3.8) is 0 Å². The molecule has 0 rings (SSSR count). The average Bonchev–Trinajstić information content (AvgIpc) is 3.29. The molecule has 0 heterocycles. The van der Waals surface area contributed by atoms with E-state index in [1.807, 2.05) is 0 Å². The van der Waals surface area contributed by atoms with Gasteiger partial charge in [-0.2, -0.15) is 0 Å². The summed E-state index contributed by atoms with van der Waals surface area (Å²) in [5.74, 6) is -0.490. The van der Waals surface area contributed by atoms with E-state index in [0.717, 1.165) is 83.5 Å². The second-order valence-corrected chi connectivity index (χ2v) is 19.0. The van der Waals surface area contributed by atoms with E-state index in [4.69, 9.17) is 4.74 Å². The fourth-order valence-corrected chi connectivity index (χ4v) is 8.39. The first kappa shape index (κ1) is 61.8. The Labute approximate surface area is 397 Å². The van der Waals surface area contributed by atoms with Crippen molar-refractivity contribution in [2.75, 3.05) is 6.61 Å². The minimum Gasteiger partial charge on any atom is -0.462 e. The summed E-state index contributed by atoms with van der Waals surface area (Å²) in [5, 5.41) is 23.8. The predicted molar refractivity (Wildman–Crippen MR) is 278 cm³/mol. The van der Waals surface area contributed by atoms with Gasteiger partial charge in [0.15, 0.2) is 0 Å². The number of aliphatic hydroxyl groups is 2. The van der Waals surface area contributed by atoms with E-state index >= 15 is 0 Å². The molecule has 0 radical (unpaired) electrons. The van der Waals surface area contributed by atoms with Gasteiger partial charge in [-0.3, -0.25) is 9.59 Å². The Morgan fingerprint density at radius 1 is 0.469 bits per heavy atom. The maximum atomic E-state index is 13.2. The highest BCUT2D eigenvalue weighted by Gasteiger charge is 2.24. The van der Waals surface area contributed by atoms with Crippen LogP contribution in [0.5, 0.6) is 0 Å². The molecule has 0 aliphatic carbocycles. The summed E-state index contributed by atoms with van der Waals surface area (Å²) in [7, 11) is 0. The van der Waals surface area contributed by atoms with Crippen LogP contribution in [-0.2, 0) is 14.3 Å². The van der Waals surface area contributed by atoms with E-state index in [1.54, 1.807) is 0 Å². The third-order valence-corrected chi connectivity index (χ3v) is 12.7. The van der Waals surface area contributed by atoms with Gasteiger partial charge < -0.3 is 20.3 Å². The second kappa shape index (κ2) is 51.8. The predicted octanol–water partition coefficient (Wildman–Crippen LogP) is 17.0. The van der Waals surface area contributed by atoms with Crippen molar-refractivity contribution < 1.29 is 24.5 Å². The van der Waals surface area contributed by atoms with Gasteiger partial charge in [0.25, 0.3) is 0 Å².